The number of methoxy groups -OCH3 is 2. The van der Waals surface area contributed by atoms with Gasteiger partial charge in [-0.3, -0.25) is 23.9 Å². The minimum absolute atomic E-state index is 0.105. The number of amides is 2. The highest BCUT2D eigenvalue weighted by Gasteiger charge is 2.34. The van der Waals surface area contributed by atoms with Crippen LogP contribution in [0.25, 0.3) is 10.9 Å². The summed E-state index contributed by atoms with van der Waals surface area (Å²) in [4.78, 5) is 45.1. The molecule has 3 aromatic carbocycles. The number of aromatic nitrogens is 2. The Morgan fingerprint density at radius 2 is 1.51 bits per heavy atom. The minimum atomic E-state index is -0.340. The molecule has 2 heterocycles. The predicted octanol–water partition coefficient (Wildman–Crippen LogP) is 4.15. The van der Waals surface area contributed by atoms with Crippen molar-refractivity contribution in [3.63, 3.8) is 0 Å². The molecule has 9 heteroatoms. The molecule has 1 aliphatic rings. The number of ether oxygens (including phenoxy) is 2. The first-order valence-electron chi connectivity index (χ1n) is 11.8. The summed E-state index contributed by atoms with van der Waals surface area (Å²) in [5, 5.41) is 0.848. The van der Waals surface area contributed by atoms with Crippen molar-refractivity contribution in [2.45, 2.75) is 19.4 Å². The number of aryl methyl sites for hydroxylation is 1. The number of hydrogen-bond acceptors (Lipinski definition) is 6. The van der Waals surface area contributed by atoms with E-state index in [4.69, 9.17) is 26.1 Å². The molecule has 0 aliphatic carbocycles. The van der Waals surface area contributed by atoms with Crippen LogP contribution in [0.4, 0.5) is 0 Å². The Balaban J connectivity index is 1.46. The number of carbonyl (C=O) groups excluding carboxylic acids is 2. The maximum absolute atomic E-state index is 13.5. The van der Waals surface area contributed by atoms with Crippen LogP contribution in [0.5, 0.6) is 11.5 Å². The van der Waals surface area contributed by atoms with Gasteiger partial charge in [0.2, 0.25) is 0 Å². The number of nitrogens with zero attached hydrogens (tertiary/aromatic N) is 3. The fourth-order valence-corrected chi connectivity index (χ4v) is 4.76. The number of carbonyl (C=O) groups is 2. The molecule has 0 saturated heterocycles. The van der Waals surface area contributed by atoms with Crippen molar-refractivity contribution >= 4 is 34.3 Å². The Labute approximate surface area is 218 Å². The van der Waals surface area contributed by atoms with Crippen molar-refractivity contribution in [3.8, 4) is 11.5 Å². The number of fused-ring (bicyclic) bond motifs is 2. The Hall–Kier alpha value is -4.17. The van der Waals surface area contributed by atoms with E-state index < -0.39 is 0 Å². The van der Waals surface area contributed by atoms with Crippen molar-refractivity contribution in [3.05, 3.63) is 98.6 Å². The van der Waals surface area contributed by atoms with E-state index in [1.807, 2.05) is 18.2 Å². The average molecular weight is 518 g/mol. The normalized spacial score (nSPS) is 12.8. The summed E-state index contributed by atoms with van der Waals surface area (Å²) < 4.78 is 12.3. The lowest BCUT2D eigenvalue weighted by molar-refractivity contribution is 0.0655. The van der Waals surface area contributed by atoms with E-state index in [0.717, 1.165) is 5.56 Å². The molecule has 2 amide bonds. The second-order valence-electron chi connectivity index (χ2n) is 8.64. The molecule has 0 spiro atoms. The lowest BCUT2D eigenvalue weighted by Gasteiger charge is -2.17. The van der Waals surface area contributed by atoms with E-state index in [1.165, 1.54) is 4.90 Å². The Kier molecular flexibility index (Phi) is 6.67. The summed E-state index contributed by atoms with van der Waals surface area (Å²) in [5.74, 6) is 1.02. The van der Waals surface area contributed by atoms with Crippen LogP contribution in [0.3, 0.4) is 0 Å². The maximum atomic E-state index is 13.5. The van der Waals surface area contributed by atoms with Crippen LogP contribution in [-0.4, -0.2) is 47.0 Å². The molecule has 0 radical (unpaired) electrons. The third kappa shape index (κ3) is 4.56. The van der Waals surface area contributed by atoms with Crippen molar-refractivity contribution in [1.82, 2.24) is 14.5 Å². The van der Waals surface area contributed by atoms with Gasteiger partial charge in [-0.25, -0.2) is 4.98 Å². The number of rotatable bonds is 8. The molecule has 0 N–H and O–H groups in total. The third-order valence-corrected chi connectivity index (χ3v) is 6.74. The molecule has 8 nitrogen and oxygen atoms in total. The van der Waals surface area contributed by atoms with E-state index >= 15 is 0 Å². The zero-order valence-corrected chi connectivity index (χ0v) is 21.1. The molecule has 0 unspecified atom stereocenters. The number of hydrogen-bond donors (Lipinski definition) is 0. The highest BCUT2D eigenvalue weighted by atomic mass is 35.5. The number of benzene rings is 3. The van der Waals surface area contributed by atoms with Gasteiger partial charge < -0.3 is 9.47 Å². The summed E-state index contributed by atoms with van der Waals surface area (Å²) in [6.45, 7) is 0.440. The molecule has 1 aromatic heterocycles. The van der Waals surface area contributed by atoms with E-state index in [-0.39, 0.29) is 30.3 Å². The standard InChI is InChI=1S/C28H24ClN3O5/c1-36-23-10-7-17(15-24(23)37-2)11-13-31-25(30-22-9-8-18(29)16-21(22)28(31)35)12-14-32-26(33)19-5-3-4-6-20(19)27(32)34/h3-10,15-16H,11-14H2,1-2H3. The van der Waals surface area contributed by atoms with Crippen LogP contribution < -0.4 is 15.0 Å². The summed E-state index contributed by atoms with van der Waals surface area (Å²) in [7, 11) is 3.14. The van der Waals surface area contributed by atoms with Gasteiger partial charge in [-0.1, -0.05) is 29.8 Å². The molecule has 0 fully saturated rings. The van der Waals surface area contributed by atoms with E-state index in [1.54, 1.807) is 61.3 Å². The molecule has 37 heavy (non-hydrogen) atoms. The molecular formula is C28H24ClN3O5. The van der Waals surface area contributed by atoms with Gasteiger partial charge in [0, 0.05) is 24.5 Å². The quantitative estimate of drug-likeness (QED) is 0.326. The van der Waals surface area contributed by atoms with Crippen LogP contribution in [0.2, 0.25) is 5.02 Å². The van der Waals surface area contributed by atoms with Gasteiger partial charge in [0.1, 0.15) is 5.82 Å². The molecule has 1 aliphatic heterocycles. The summed E-state index contributed by atoms with van der Waals surface area (Å²) >= 11 is 6.16. The van der Waals surface area contributed by atoms with Gasteiger partial charge in [0.15, 0.2) is 11.5 Å². The molecule has 0 saturated carbocycles. The fourth-order valence-electron chi connectivity index (χ4n) is 4.59. The largest absolute Gasteiger partial charge is 0.493 e. The Morgan fingerprint density at radius 3 is 2.19 bits per heavy atom. The molecule has 5 rings (SSSR count). The fraction of sp³-hybridized carbons (Fsp3) is 0.214. The minimum Gasteiger partial charge on any atom is -0.493 e. The van der Waals surface area contributed by atoms with Gasteiger partial charge in [0.05, 0.1) is 36.2 Å². The van der Waals surface area contributed by atoms with Crippen molar-refractivity contribution in [1.29, 1.82) is 0 Å². The van der Waals surface area contributed by atoms with Crippen molar-refractivity contribution in [2.75, 3.05) is 20.8 Å². The van der Waals surface area contributed by atoms with Crippen LogP contribution in [0.1, 0.15) is 32.1 Å². The van der Waals surface area contributed by atoms with Crippen molar-refractivity contribution in [2.24, 2.45) is 0 Å². The topological polar surface area (TPSA) is 90.7 Å². The van der Waals surface area contributed by atoms with Gasteiger partial charge in [0.25, 0.3) is 17.4 Å². The van der Waals surface area contributed by atoms with Gasteiger partial charge in [-0.15, -0.1) is 0 Å². The number of halogens is 1. The molecule has 0 atom stereocenters. The molecule has 188 valence electrons. The second kappa shape index (κ2) is 10.1. The molecule has 0 bridgehead atoms. The zero-order valence-electron chi connectivity index (χ0n) is 20.4. The summed E-state index contributed by atoms with van der Waals surface area (Å²) in [6.07, 6.45) is 0.749. The highest BCUT2D eigenvalue weighted by Crippen LogP contribution is 2.28. The highest BCUT2D eigenvalue weighted by molar-refractivity contribution is 6.31. The summed E-state index contributed by atoms with van der Waals surface area (Å²) in [6, 6.07) is 17.3. The first-order chi connectivity index (χ1) is 17.9. The van der Waals surface area contributed by atoms with Crippen LogP contribution in [0, 0.1) is 0 Å². The first-order valence-corrected chi connectivity index (χ1v) is 12.1. The smallest absolute Gasteiger partial charge is 0.261 e. The Bertz CT molecular complexity index is 1560. The lowest BCUT2D eigenvalue weighted by atomic mass is 10.1. The third-order valence-electron chi connectivity index (χ3n) is 6.50. The van der Waals surface area contributed by atoms with Gasteiger partial charge in [-0.2, -0.15) is 0 Å². The van der Waals surface area contributed by atoms with E-state index in [2.05, 4.69) is 0 Å². The van der Waals surface area contributed by atoms with Crippen molar-refractivity contribution < 1.29 is 19.1 Å². The first kappa shape index (κ1) is 24.5. The summed E-state index contributed by atoms with van der Waals surface area (Å²) in [5.41, 5.74) is 2.00. The van der Waals surface area contributed by atoms with Crippen LogP contribution in [-0.2, 0) is 19.4 Å². The van der Waals surface area contributed by atoms with Gasteiger partial charge in [-0.05, 0) is 54.4 Å². The second-order valence-corrected chi connectivity index (χ2v) is 9.08. The van der Waals surface area contributed by atoms with E-state index in [9.17, 15) is 14.4 Å². The molecular weight excluding hydrogens is 494 g/mol. The number of imide groups is 1. The zero-order chi connectivity index (χ0) is 26.1. The maximum Gasteiger partial charge on any atom is 0.261 e. The SMILES string of the molecule is COc1ccc(CCn2c(CCN3C(=O)c4ccccc4C3=O)nc3ccc(Cl)cc3c2=O)cc1OC. The van der Waals surface area contributed by atoms with Gasteiger partial charge >= 0.3 is 0 Å². The Morgan fingerprint density at radius 1 is 0.811 bits per heavy atom. The van der Waals surface area contributed by atoms with Crippen LogP contribution >= 0.6 is 11.6 Å². The van der Waals surface area contributed by atoms with E-state index in [0.29, 0.717) is 57.3 Å². The predicted molar refractivity (Wildman–Crippen MR) is 140 cm³/mol. The monoisotopic (exact) mass is 517 g/mol. The lowest BCUT2D eigenvalue weighted by Crippen LogP contribution is -2.34. The average Bonchev–Trinajstić information content (AvgIpc) is 3.16. The van der Waals surface area contributed by atoms with Crippen LogP contribution in [0.15, 0.2) is 65.5 Å². The molecule has 4 aromatic rings.